The van der Waals surface area contributed by atoms with Crippen LogP contribution >= 0.6 is 0 Å². The molecule has 22 heavy (non-hydrogen) atoms. The third kappa shape index (κ3) is 3.52. The highest BCUT2D eigenvalue weighted by atomic mass is 16.5. The van der Waals surface area contributed by atoms with Crippen molar-refractivity contribution in [2.45, 2.75) is 44.9 Å². The maximum absolute atomic E-state index is 12.7. The van der Waals surface area contributed by atoms with E-state index >= 15 is 0 Å². The molecule has 0 saturated carbocycles. The Morgan fingerprint density at radius 2 is 2.18 bits per heavy atom. The monoisotopic (exact) mass is 301 g/mol. The number of benzene rings is 1. The molecular weight excluding hydrogens is 274 g/mol. The molecule has 1 aromatic rings. The van der Waals surface area contributed by atoms with E-state index in [1.54, 1.807) is 0 Å². The van der Waals surface area contributed by atoms with Gasteiger partial charge in [-0.1, -0.05) is 24.3 Å². The van der Waals surface area contributed by atoms with Crippen LogP contribution in [-0.4, -0.2) is 37.1 Å². The number of amides is 1. The molecule has 120 valence electrons. The molecule has 0 N–H and O–H groups in total. The maximum Gasteiger partial charge on any atom is 0.223 e. The number of hydrogen-bond donors (Lipinski definition) is 0. The second-order valence-electron chi connectivity index (χ2n) is 6.65. The Morgan fingerprint density at radius 3 is 2.95 bits per heavy atom. The minimum atomic E-state index is 0.316. The predicted molar refractivity (Wildman–Crippen MR) is 87.9 cm³/mol. The van der Waals surface area contributed by atoms with Gasteiger partial charge in [0.2, 0.25) is 5.91 Å². The van der Waals surface area contributed by atoms with E-state index in [0.29, 0.717) is 24.2 Å². The van der Waals surface area contributed by atoms with Crippen LogP contribution in [0.1, 0.15) is 49.7 Å². The van der Waals surface area contributed by atoms with Crippen molar-refractivity contribution < 1.29 is 9.53 Å². The molecule has 1 amide bonds. The lowest BCUT2D eigenvalue weighted by atomic mass is 9.81. The van der Waals surface area contributed by atoms with Gasteiger partial charge in [-0.15, -0.1) is 0 Å². The highest BCUT2D eigenvalue weighted by Gasteiger charge is 2.26. The first kappa shape index (κ1) is 15.5. The molecule has 0 radical (unpaired) electrons. The fraction of sp³-hybridized carbons (Fsp3) is 0.632. The first-order valence-corrected chi connectivity index (χ1v) is 8.71. The average molecular weight is 301 g/mol. The summed E-state index contributed by atoms with van der Waals surface area (Å²) in [4.78, 5) is 14.8. The summed E-state index contributed by atoms with van der Waals surface area (Å²) in [5, 5.41) is 0. The zero-order valence-corrected chi connectivity index (χ0v) is 13.6. The van der Waals surface area contributed by atoms with Gasteiger partial charge in [0.05, 0.1) is 6.61 Å². The van der Waals surface area contributed by atoms with Crippen molar-refractivity contribution in [3.8, 4) is 0 Å². The highest BCUT2D eigenvalue weighted by Crippen LogP contribution is 2.34. The molecule has 1 aliphatic heterocycles. The molecule has 0 spiro atoms. The van der Waals surface area contributed by atoms with E-state index in [9.17, 15) is 4.79 Å². The number of nitrogens with zero attached hydrogens (tertiary/aromatic N) is 1. The highest BCUT2D eigenvalue weighted by molar-refractivity contribution is 5.77. The van der Waals surface area contributed by atoms with Crippen molar-refractivity contribution in [2.24, 2.45) is 5.92 Å². The standard InChI is InChI=1S/C19H27NO2/c1-2-20(13-15-10-11-22-14-15)19(21)12-17-8-5-7-16-6-3-4-9-18(16)17/h3-4,6,9,15,17H,2,5,7-8,10-14H2,1H3/t15-,17+/m0/s1. The molecule has 1 heterocycles. The summed E-state index contributed by atoms with van der Waals surface area (Å²) in [6, 6.07) is 8.66. The molecule has 2 atom stereocenters. The van der Waals surface area contributed by atoms with Crippen LogP contribution in [0.2, 0.25) is 0 Å². The van der Waals surface area contributed by atoms with Gasteiger partial charge in [0, 0.05) is 32.0 Å². The largest absolute Gasteiger partial charge is 0.381 e. The van der Waals surface area contributed by atoms with Crippen molar-refractivity contribution in [2.75, 3.05) is 26.3 Å². The predicted octanol–water partition coefficient (Wildman–Crippen LogP) is 3.38. The normalized spacial score (nSPS) is 24.0. The summed E-state index contributed by atoms with van der Waals surface area (Å²) in [5.74, 6) is 1.25. The molecule has 1 saturated heterocycles. The van der Waals surface area contributed by atoms with Crippen LogP contribution in [0.3, 0.4) is 0 Å². The molecule has 0 aromatic heterocycles. The van der Waals surface area contributed by atoms with Gasteiger partial charge >= 0.3 is 0 Å². The van der Waals surface area contributed by atoms with Gasteiger partial charge in [-0.3, -0.25) is 4.79 Å². The van der Waals surface area contributed by atoms with Crippen LogP contribution in [-0.2, 0) is 16.0 Å². The topological polar surface area (TPSA) is 29.5 Å². The Bertz CT molecular complexity index is 508. The van der Waals surface area contributed by atoms with E-state index < -0.39 is 0 Å². The Balaban J connectivity index is 1.63. The van der Waals surface area contributed by atoms with Crippen LogP contribution in [0, 0.1) is 5.92 Å². The van der Waals surface area contributed by atoms with Gasteiger partial charge in [-0.25, -0.2) is 0 Å². The number of fused-ring (bicyclic) bond motifs is 1. The minimum absolute atomic E-state index is 0.316. The Morgan fingerprint density at radius 1 is 1.32 bits per heavy atom. The Hall–Kier alpha value is -1.35. The zero-order chi connectivity index (χ0) is 15.4. The summed E-state index contributed by atoms with van der Waals surface area (Å²) in [6.07, 6.45) is 5.27. The SMILES string of the molecule is CCN(C[C@@H]1CCOC1)C(=O)C[C@H]1CCCc2ccccc21. The van der Waals surface area contributed by atoms with Gasteiger partial charge in [-0.05, 0) is 49.7 Å². The zero-order valence-electron chi connectivity index (χ0n) is 13.6. The summed E-state index contributed by atoms with van der Waals surface area (Å²) in [6.45, 7) is 5.43. The summed E-state index contributed by atoms with van der Waals surface area (Å²) >= 11 is 0. The molecule has 0 unspecified atom stereocenters. The van der Waals surface area contributed by atoms with Crippen molar-refractivity contribution in [1.82, 2.24) is 4.90 Å². The summed E-state index contributed by atoms with van der Waals surface area (Å²) in [5.41, 5.74) is 2.85. The number of carbonyl (C=O) groups is 1. The van der Waals surface area contributed by atoms with Crippen molar-refractivity contribution in [3.05, 3.63) is 35.4 Å². The van der Waals surface area contributed by atoms with Crippen molar-refractivity contribution in [1.29, 1.82) is 0 Å². The number of aryl methyl sites for hydroxylation is 1. The Labute approximate surface area is 133 Å². The average Bonchev–Trinajstić information content (AvgIpc) is 3.06. The number of ether oxygens (including phenoxy) is 1. The van der Waals surface area contributed by atoms with Crippen molar-refractivity contribution in [3.63, 3.8) is 0 Å². The smallest absolute Gasteiger partial charge is 0.223 e. The van der Waals surface area contributed by atoms with E-state index in [2.05, 4.69) is 31.2 Å². The van der Waals surface area contributed by atoms with E-state index in [-0.39, 0.29) is 0 Å². The minimum Gasteiger partial charge on any atom is -0.381 e. The fourth-order valence-electron chi connectivity index (χ4n) is 3.85. The van der Waals surface area contributed by atoms with Gasteiger partial charge in [0.15, 0.2) is 0 Å². The quantitative estimate of drug-likeness (QED) is 0.834. The molecule has 0 bridgehead atoms. The fourth-order valence-corrected chi connectivity index (χ4v) is 3.85. The molecule has 3 heteroatoms. The second-order valence-corrected chi connectivity index (χ2v) is 6.65. The molecule has 1 aliphatic carbocycles. The molecule has 3 rings (SSSR count). The molecule has 1 fully saturated rings. The lowest BCUT2D eigenvalue weighted by Gasteiger charge is -2.29. The lowest BCUT2D eigenvalue weighted by Crippen LogP contribution is -2.36. The number of hydrogen-bond acceptors (Lipinski definition) is 2. The summed E-state index contributed by atoms with van der Waals surface area (Å²) < 4.78 is 5.44. The molecule has 1 aromatic carbocycles. The van der Waals surface area contributed by atoms with Crippen LogP contribution in [0.25, 0.3) is 0 Å². The van der Waals surface area contributed by atoms with E-state index in [4.69, 9.17) is 4.74 Å². The molecule has 3 nitrogen and oxygen atoms in total. The second kappa shape index (κ2) is 7.28. The summed E-state index contributed by atoms with van der Waals surface area (Å²) in [7, 11) is 0. The molecule has 2 aliphatic rings. The first-order valence-electron chi connectivity index (χ1n) is 8.71. The van der Waals surface area contributed by atoms with Crippen LogP contribution in [0.15, 0.2) is 24.3 Å². The van der Waals surface area contributed by atoms with Gasteiger partial charge in [0.1, 0.15) is 0 Å². The molecular formula is C19H27NO2. The van der Waals surface area contributed by atoms with Crippen molar-refractivity contribution >= 4 is 5.91 Å². The van der Waals surface area contributed by atoms with Crippen LogP contribution < -0.4 is 0 Å². The van der Waals surface area contributed by atoms with E-state index in [0.717, 1.165) is 45.6 Å². The van der Waals surface area contributed by atoms with Crippen LogP contribution in [0.5, 0.6) is 0 Å². The van der Waals surface area contributed by atoms with Gasteiger partial charge < -0.3 is 9.64 Å². The first-order chi connectivity index (χ1) is 10.8. The maximum atomic E-state index is 12.7. The van der Waals surface area contributed by atoms with E-state index in [1.807, 2.05) is 4.90 Å². The van der Waals surface area contributed by atoms with Gasteiger partial charge in [-0.2, -0.15) is 0 Å². The van der Waals surface area contributed by atoms with Crippen LogP contribution in [0.4, 0.5) is 0 Å². The number of carbonyl (C=O) groups excluding carboxylic acids is 1. The third-order valence-electron chi connectivity index (χ3n) is 5.15. The third-order valence-corrected chi connectivity index (χ3v) is 5.15. The lowest BCUT2D eigenvalue weighted by molar-refractivity contribution is -0.132. The number of rotatable bonds is 5. The van der Waals surface area contributed by atoms with Gasteiger partial charge in [0.25, 0.3) is 0 Å². The Kier molecular flexibility index (Phi) is 5.14. The van der Waals surface area contributed by atoms with E-state index in [1.165, 1.54) is 17.5 Å².